The van der Waals surface area contributed by atoms with Crippen molar-refractivity contribution in [2.24, 2.45) is 0 Å². The maximum atomic E-state index is 11.7. The number of ether oxygens (including phenoxy) is 1. The summed E-state index contributed by atoms with van der Waals surface area (Å²) < 4.78 is 26.3. The Morgan fingerprint density at radius 3 is 2.27 bits per heavy atom. The van der Waals surface area contributed by atoms with Crippen LogP contribution in [0.15, 0.2) is 0 Å². The van der Waals surface area contributed by atoms with Crippen molar-refractivity contribution in [3.05, 3.63) is 0 Å². The molecule has 0 radical (unpaired) electrons. The zero-order valence-corrected chi connectivity index (χ0v) is 10.2. The van der Waals surface area contributed by atoms with Crippen molar-refractivity contribution in [2.75, 3.05) is 6.61 Å². The van der Waals surface area contributed by atoms with Gasteiger partial charge in [-0.3, -0.25) is 4.79 Å². The maximum Gasteiger partial charge on any atom is 0.328 e. The van der Waals surface area contributed by atoms with Gasteiger partial charge in [0.05, 0.1) is 6.61 Å². The highest BCUT2D eigenvalue weighted by molar-refractivity contribution is 8.15. The van der Waals surface area contributed by atoms with Crippen LogP contribution in [0.4, 0.5) is 0 Å². The van der Waals surface area contributed by atoms with Crippen molar-refractivity contribution in [1.29, 1.82) is 0 Å². The number of carbonyl (C=O) groups is 1. The topological polar surface area (TPSA) is 60.4 Å². The zero-order chi connectivity index (χ0) is 11.5. The highest BCUT2D eigenvalue weighted by Gasteiger charge is 2.51. The molecule has 0 aromatic carbocycles. The number of halogens is 1. The van der Waals surface area contributed by atoms with E-state index in [4.69, 9.17) is 15.4 Å². The van der Waals surface area contributed by atoms with Crippen LogP contribution in [-0.2, 0) is 18.6 Å². The van der Waals surface area contributed by atoms with Gasteiger partial charge >= 0.3 is 5.97 Å². The van der Waals surface area contributed by atoms with Gasteiger partial charge in [-0.15, -0.1) is 0 Å². The maximum absolute atomic E-state index is 11.7. The summed E-state index contributed by atoms with van der Waals surface area (Å²) in [6.45, 7) is 1.82. The van der Waals surface area contributed by atoms with Crippen molar-refractivity contribution < 1.29 is 17.9 Å². The molecule has 0 heterocycles. The van der Waals surface area contributed by atoms with Gasteiger partial charge in [0.1, 0.15) is 0 Å². The Morgan fingerprint density at radius 1 is 1.33 bits per heavy atom. The number of hydrogen-bond acceptors (Lipinski definition) is 4. The van der Waals surface area contributed by atoms with Crippen LogP contribution < -0.4 is 0 Å². The standard InChI is InChI=1S/C9H15ClO4S/c1-2-14-8(11)9(15(10,12)13)6-4-3-5-7-9/h2-7H2,1H3. The van der Waals surface area contributed by atoms with E-state index in [1.165, 1.54) is 0 Å². The van der Waals surface area contributed by atoms with Crippen molar-refractivity contribution in [2.45, 2.75) is 43.8 Å². The number of hydrogen-bond donors (Lipinski definition) is 0. The van der Waals surface area contributed by atoms with Crippen LogP contribution >= 0.6 is 10.7 Å². The van der Waals surface area contributed by atoms with E-state index in [1.54, 1.807) is 6.92 Å². The molecule has 0 spiro atoms. The molecule has 1 saturated carbocycles. The lowest BCUT2D eigenvalue weighted by Gasteiger charge is -2.31. The Morgan fingerprint density at radius 2 is 1.87 bits per heavy atom. The molecule has 4 nitrogen and oxygen atoms in total. The summed E-state index contributed by atoms with van der Waals surface area (Å²) >= 11 is 0. The first-order chi connectivity index (χ1) is 6.94. The van der Waals surface area contributed by atoms with Gasteiger partial charge in [-0.2, -0.15) is 0 Å². The van der Waals surface area contributed by atoms with Gasteiger partial charge in [0.25, 0.3) is 0 Å². The summed E-state index contributed by atoms with van der Waals surface area (Å²) in [4.78, 5) is 11.7. The van der Waals surface area contributed by atoms with Gasteiger partial charge in [0, 0.05) is 10.7 Å². The molecule has 0 unspecified atom stereocenters. The minimum Gasteiger partial charge on any atom is -0.465 e. The first-order valence-electron chi connectivity index (χ1n) is 5.05. The fourth-order valence-electron chi connectivity index (χ4n) is 1.93. The Labute approximate surface area is 94.4 Å². The number of carbonyl (C=O) groups excluding carboxylic acids is 1. The molecule has 6 heteroatoms. The molecule has 1 aliphatic carbocycles. The Kier molecular flexibility index (Phi) is 4.00. The van der Waals surface area contributed by atoms with Crippen LogP contribution in [0.2, 0.25) is 0 Å². The Bertz CT molecular complexity index is 330. The summed E-state index contributed by atoms with van der Waals surface area (Å²) in [5.41, 5.74) is 0. The molecule has 0 saturated heterocycles. The normalized spacial score (nSPS) is 20.9. The SMILES string of the molecule is CCOC(=O)C1(S(=O)(=O)Cl)CCCCC1. The lowest BCUT2D eigenvalue weighted by molar-refractivity contribution is -0.147. The molecule has 0 aromatic heterocycles. The van der Waals surface area contributed by atoms with E-state index in [9.17, 15) is 13.2 Å². The van der Waals surface area contributed by atoms with Crippen molar-refractivity contribution in [3.63, 3.8) is 0 Å². The molecule has 88 valence electrons. The third-order valence-electron chi connectivity index (χ3n) is 2.78. The van der Waals surface area contributed by atoms with E-state index in [0.29, 0.717) is 12.8 Å². The van der Waals surface area contributed by atoms with Gasteiger partial charge in [-0.05, 0) is 19.8 Å². The van der Waals surface area contributed by atoms with Gasteiger partial charge in [0.2, 0.25) is 9.05 Å². The molecule has 1 aliphatic rings. The van der Waals surface area contributed by atoms with Crippen LogP contribution in [0, 0.1) is 0 Å². The first kappa shape index (κ1) is 12.8. The highest BCUT2D eigenvalue weighted by Crippen LogP contribution is 2.38. The minimum absolute atomic E-state index is 0.174. The molecule has 0 bridgehead atoms. The molecule has 1 fully saturated rings. The van der Waals surface area contributed by atoms with E-state index in [1.807, 2.05) is 0 Å². The number of esters is 1. The van der Waals surface area contributed by atoms with Gasteiger partial charge in [0.15, 0.2) is 4.75 Å². The van der Waals surface area contributed by atoms with Crippen LogP contribution in [0.25, 0.3) is 0 Å². The quantitative estimate of drug-likeness (QED) is 0.569. The van der Waals surface area contributed by atoms with Crippen LogP contribution in [0.5, 0.6) is 0 Å². The fraction of sp³-hybridized carbons (Fsp3) is 0.889. The summed E-state index contributed by atoms with van der Waals surface area (Å²) in [7, 11) is 1.46. The predicted molar refractivity (Wildman–Crippen MR) is 57.2 cm³/mol. The summed E-state index contributed by atoms with van der Waals surface area (Å²) in [6, 6.07) is 0. The second-order valence-corrected chi connectivity index (χ2v) is 6.59. The molecular weight excluding hydrogens is 240 g/mol. The second-order valence-electron chi connectivity index (χ2n) is 3.71. The monoisotopic (exact) mass is 254 g/mol. The van der Waals surface area contributed by atoms with Crippen LogP contribution in [0.3, 0.4) is 0 Å². The van der Waals surface area contributed by atoms with E-state index >= 15 is 0 Å². The van der Waals surface area contributed by atoms with Crippen LogP contribution in [0.1, 0.15) is 39.0 Å². The second kappa shape index (κ2) is 4.70. The first-order valence-corrected chi connectivity index (χ1v) is 7.36. The summed E-state index contributed by atoms with van der Waals surface area (Å²) in [6.07, 6.45) is 2.89. The lowest BCUT2D eigenvalue weighted by Crippen LogP contribution is -2.46. The molecular formula is C9H15ClO4S. The zero-order valence-electron chi connectivity index (χ0n) is 8.66. The van der Waals surface area contributed by atoms with E-state index in [2.05, 4.69) is 0 Å². The molecule has 0 N–H and O–H groups in total. The highest BCUT2D eigenvalue weighted by atomic mass is 35.7. The van der Waals surface area contributed by atoms with Gasteiger partial charge < -0.3 is 4.74 Å². The van der Waals surface area contributed by atoms with Crippen molar-refractivity contribution in [1.82, 2.24) is 0 Å². The number of rotatable bonds is 3. The average molecular weight is 255 g/mol. The Balaban J connectivity index is 3.01. The van der Waals surface area contributed by atoms with Crippen LogP contribution in [-0.4, -0.2) is 25.7 Å². The smallest absolute Gasteiger partial charge is 0.328 e. The molecule has 0 atom stereocenters. The molecule has 15 heavy (non-hydrogen) atoms. The van der Waals surface area contributed by atoms with Crippen molar-refractivity contribution in [3.8, 4) is 0 Å². The van der Waals surface area contributed by atoms with Crippen molar-refractivity contribution >= 4 is 25.7 Å². The van der Waals surface area contributed by atoms with E-state index < -0.39 is 19.8 Å². The molecule has 0 aliphatic heterocycles. The Hall–Kier alpha value is -0.290. The average Bonchev–Trinajstić information content (AvgIpc) is 2.17. The predicted octanol–water partition coefficient (Wildman–Crippen LogP) is 1.82. The van der Waals surface area contributed by atoms with Gasteiger partial charge in [-0.25, -0.2) is 8.42 Å². The third-order valence-corrected chi connectivity index (χ3v) is 5.17. The third kappa shape index (κ3) is 2.45. The lowest BCUT2D eigenvalue weighted by atomic mass is 9.88. The fourth-order valence-corrected chi connectivity index (χ4v) is 3.62. The minimum atomic E-state index is -3.91. The summed E-state index contributed by atoms with van der Waals surface area (Å²) in [5, 5.41) is 0. The molecule has 0 amide bonds. The molecule has 0 aromatic rings. The molecule has 1 rings (SSSR count). The largest absolute Gasteiger partial charge is 0.465 e. The van der Waals surface area contributed by atoms with Gasteiger partial charge in [-0.1, -0.05) is 19.3 Å². The van der Waals surface area contributed by atoms with E-state index in [-0.39, 0.29) is 19.4 Å². The summed E-state index contributed by atoms with van der Waals surface area (Å²) in [5.74, 6) is -0.695. The van der Waals surface area contributed by atoms with E-state index in [0.717, 1.165) is 6.42 Å².